The molecule has 0 aliphatic carbocycles. The van der Waals surface area contributed by atoms with E-state index >= 15 is 0 Å². The van der Waals surface area contributed by atoms with Gasteiger partial charge in [-0.25, -0.2) is 9.18 Å². The molecule has 0 amide bonds. The van der Waals surface area contributed by atoms with Crippen molar-refractivity contribution < 1.29 is 27.0 Å². The van der Waals surface area contributed by atoms with Crippen LogP contribution in [0.25, 0.3) is 22.0 Å². The molecule has 0 radical (unpaired) electrons. The first kappa shape index (κ1) is 29.1. The first-order valence-electron chi connectivity index (χ1n) is 12.9. The molecule has 216 valence electrons. The number of thioether (sulfide) groups is 1. The highest BCUT2D eigenvalue weighted by Gasteiger charge is 2.39. The van der Waals surface area contributed by atoms with E-state index in [0.717, 1.165) is 12.1 Å². The molecule has 40 heavy (non-hydrogen) atoms. The van der Waals surface area contributed by atoms with Crippen LogP contribution in [0.5, 0.6) is 0 Å². The fourth-order valence-electron chi connectivity index (χ4n) is 5.44. The van der Waals surface area contributed by atoms with Gasteiger partial charge in [-0.3, -0.25) is 4.57 Å². The number of piperazine rings is 1. The second-order valence-electron chi connectivity index (χ2n) is 10.2. The SMILES string of the molecule is COCCO[C@@H]1CSc2c(-c3ccc(F)c(Cl)c3)c(C(F)(F)F)cc3c(N4C[C@@H](C)N[C@@H](C)C4)nc(=O)n(c23)C1. The van der Waals surface area contributed by atoms with Crippen LogP contribution in [-0.2, 0) is 22.2 Å². The molecule has 7 nitrogen and oxygen atoms in total. The fraction of sp³-hybridized carbons (Fsp3) is 0.481. The van der Waals surface area contributed by atoms with Crippen molar-refractivity contribution in [2.24, 2.45) is 0 Å². The third kappa shape index (κ3) is 5.69. The third-order valence-electron chi connectivity index (χ3n) is 7.01. The molecule has 2 aliphatic heterocycles. The third-order valence-corrected chi connectivity index (χ3v) is 8.52. The zero-order chi connectivity index (χ0) is 28.8. The minimum absolute atomic E-state index is 0.0360. The first-order valence-corrected chi connectivity index (χ1v) is 14.2. The lowest BCUT2D eigenvalue weighted by molar-refractivity contribution is -0.137. The minimum atomic E-state index is -4.76. The Morgan fingerprint density at radius 2 is 1.88 bits per heavy atom. The Kier molecular flexibility index (Phi) is 8.36. The lowest BCUT2D eigenvalue weighted by atomic mass is 9.96. The fourth-order valence-corrected chi connectivity index (χ4v) is 6.90. The average molecular weight is 601 g/mol. The number of aromatic nitrogens is 2. The van der Waals surface area contributed by atoms with Crippen LogP contribution in [0.15, 0.2) is 34.0 Å². The highest BCUT2D eigenvalue weighted by atomic mass is 35.5. The number of anilines is 1. The summed E-state index contributed by atoms with van der Waals surface area (Å²) >= 11 is 7.20. The van der Waals surface area contributed by atoms with Gasteiger partial charge in [0.1, 0.15) is 11.6 Å². The molecule has 3 heterocycles. The number of halogens is 5. The van der Waals surface area contributed by atoms with Crippen molar-refractivity contribution in [3.8, 4) is 11.1 Å². The molecular weight excluding hydrogens is 572 g/mol. The van der Waals surface area contributed by atoms with E-state index in [2.05, 4.69) is 10.3 Å². The Bertz CT molecular complexity index is 1480. The normalized spacial score (nSPS) is 21.6. The second-order valence-corrected chi connectivity index (χ2v) is 11.6. The summed E-state index contributed by atoms with van der Waals surface area (Å²) in [4.78, 5) is 20.0. The van der Waals surface area contributed by atoms with Crippen molar-refractivity contribution in [3.05, 3.63) is 51.2 Å². The molecule has 13 heteroatoms. The van der Waals surface area contributed by atoms with Crippen LogP contribution in [0, 0.1) is 5.82 Å². The maximum atomic E-state index is 14.8. The molecule has 1 N–H and O–H groups in total. The van der Waals surface area contributed by atoms with Gasteiger partial charge in [0.25, 0.3) is 0 Å². The van der Waals surface area contributed by atoms with Crippen molar-refractivity contribution in [2.45, 2.75) is 49.7 Å². The van der Waals surface area contributed by atoms with Crippen molar-refractivity contribution in [1.29, 1.82) is 0 Å². The molecule has 3 atom stereocenters. The maximum absolute atomic E-state index is 14.8. The Morgan fingerprint density at radius 3 is 2.52 bits per heavy atom. The molecule has 1 fully saturated rings. The summed E-state index contributed by atoms with van der Waals surface area (Å²) in [6.45, 7) is 5.58. The van der Waals surface area contributed by atoms with E-state index in [0.29, 0.717) is 25.2 Å². The molecule has 0 bridgehead atoms. The topological polar surface area (TPSA) is 68.6 Å². The van der Waals surface area contributed by atoms with E-state index in [-0.39, 0.29) is 63.2 Å². The highest BCUT2D eigenvalue weighted by Crippen LogP contribution is 2.48. The number of nitrogens with zero attached hydrogens (tertiary/aromatic N) is 3. The van der Waals surface area contributed by atoms with E-state index in [1.54, 1.807) is 0 Å². The van der Waals surface area contributed by atoms with Crippen LogP contribution in [0.4, 0.5) is 23.4 Å². The number of methoxy groups -OCH3 is 1. The van der Waals surface area contributed by atoms with Crippen molar-refractivity contribution in [1.82, 2.24) is 14.9 Å². The lowest BCUT2D eigenvalue weighted by Crippen LogP contribution is -2.55. The molecule has 0 unspecified atom stereocenters. The zero-order valence-electron chi connectivity index (χ0n) is 22.1. The van der Waals surface area contributed by atoms with Crippen LogP contribution in [0.1, 0.15) is 19.4 Å². The monoisotopic (exact) mass is 600 g/mol. The van der Waals surface area contributed by atoms with Crippen molar-refractivity contribution >= 4 is 40.1 Å². The Hall–Kier alpha value is -2.38. The Labute approximate surface area is 237 Å². The molecule has 0 saturated carbocycles. The van der Waals surface area contributed by atoms with E-state index in [9.17, 15) is 22.4 Å². The van der Waals surface area contributed by atoms with Crippen LogP contribution >= 0.6 is 23.4 Å². The van der Waals surface area contributed by atoms with Gasteiger partial charge in [0.15, 0.2) is 0 Å². The standard InChI is InChI=1S/C27H29ClF4N4O3S/c1-14-10-35(11-15(2)33-14)25-18-9-19(27(30,31)32)22(16-4-5-21(29)20(28)8-16)24-23(18)36(26(37)34-25)12-17(13-40-24)39-7-6-38-3/h4-5,8-9,14-15,17,33H,6-7,10-13H2,1-3H3/t14-,15+,17-/m0/s1. The van der Waals surface area contributed by atoms with Gasteiger partial charge in [-0.15, -0.1) is 11.8 Å². The number of hydrogen-bond acceptors (Lipinski definition) is 7. The van der Waals surface area contributed by atoms with Gasteiger partial charge in [0.05, 0.1) is 42.0 Å². The quantitative estimate of drug-likeness (QED) is 0.308. The number of alkyl halides is 3. The number of ether oxygens (including phenoxy) is 2. The van der Waals surface area contributed by atoms with Gasteiger partial charge in [-0.2, -0.15) is 18.2 Å². The van der Waals surface area contributed by atoms with E-state index in [1.807, 2.05) is 18.7 Å². The summed E-state index contributed by atoms with van der Waals surface area (Å²) in [6.07, 6.45) is -5.25. The van der Waals surface area contributed by atoms with E-state index < -0.39 is 29.4 Å². The Morgan fingerprint density at radius 1 is 1.15 bits per heavy atom. The summed E-state index contributed by atoms with van der Waals surface area (Å²) in [5, 5.41) is 3.33. The van der Waals surface area contributed by atoms with E-state index in [4.69, 9.17) is 21.1 Å². The van der Waals surface area contributed by atoms with Gasteiger partial charge in [-0.1, -0.05) is 17.7 Å². The summed E-state index contributed by atoms with van der Waals surface area (Å²) in [5.41, 5.74) is -1.19. The number of hydrogen-bond donors (Lipinski definition) is 1. The molecule has 1 aromatic heterocycles. The van der Waals surface area contributed by atoms with Gasteiger partial charge >= 0.3 is 11.9 Å². The molecule has 1 saturated heterocycles. The van der Waals surface area contributed by atoms with Crippen molar-refractivity contribution in [2.75, 3.05) is 44.1 Å². The molecule has 3 aromatic rings. The molecule has 2 aliphatic rings. The second kappa shape index (κ2) is 11.5. The largest absolute Gasteiger partial charge is 0.417 e. The zero-order valence-corrected chi connectivity index (χ0v) is 23.7. The number of benzene rings is 2. The molecule has 0 spiro atoms. The predicted octanol–water partition coefficient (Wildman–Crippen LogP) is 5.20. The Balaban J connectivity index is 1.82. The van der Waals surface area contributed by atoms with Crippen LogP contribution in [0.3, 0.4) is 0 Å². The summed E-state index contributed by atoms with van der Waals surface area (Å²) in [6, 6.07) is 4.64. The van der Waals surface area contributed by atoms with Crippen molar-refractivity contribution in [3.63, 3.8) is 0 Å². The van der Waals surface area contributed by atoms with Gasteiger partial charge in [-0.05, 0) is 37.6 Å². The molecular formula is C27H29ClF4N4O3S. The number of rotatable bonds is 6. The summed E-state index contributed by atoms with van der Waals surface area (Å²) in [5.74, 6) is -0.248. The van der Waals surface area contributed by atoms with E-state index in [1.165, 1.54) is 35.6 Å². The van der Waals surface area contributed by atoms with Gasteiger partial charge in [0.2, 0.25) is 0 Å². The highest BCUT2D eigenvalue weighted by molar-refractivity contribution is 7.99. The smallest absolute Gasteiger partial charge is 0.382 e. The molecule has 2 aromatic carbocycles. The summed E-state index contributed by atoms with van der Waals surface area (Å²) in [7, 11) is 1.54. The average Bonchev–Trinajstić information content (AvgIpc) is 3.07. The van der Waals surface area contributed by atoms with Gasteiger partial charge in [0, 0.05) is 53.9 Å². The maximum Gasteiger partial charge on any atom is 0.417 e. The molecule has 5 rings (SSSR count). The summed E-state index contributed by atoms with van der Waals surface area (Å²) < 4.78 is 70.8. The van der Waals surface area contributed by atoms with Crippen LogP contribution in [0.2, 0.25) is 5.02 Å². The predicted molar refractivity (Wildman–Crippen MR) is 148 cm³/mol. The van der Waals surface area contributed by atoms with Gasteiger partial charge < -0.3 is 19.7 Å². The lowest BCUT2D eigenvalue weighted by Gasteiger charge is -2.37. The first-order chi connectivity index (χ1) is 19.0. The minimum Gasteiger partial charge on any atom is -0.382 e. The number of nitrogens with one attached hydrogen (secondary N) is 1. The van der Waals surface area contributed by atoms with Crippen LogP contribution < -0.4 is 15.9 Å². The van der Waals surface area contributed by atoms with Crippen LogP contribution in [-0.4, -0.2) is 66.9 Å².